The summed E-state index contributed by atoms with van der Waals surface area (Å²) in [5, 5.41) is 6.33. The summed E-state index contributed by atoms with van der Waals surface area (Å²) >= 11 is 0. The van der Waals surface area contributed by atoms with E-state index in [4.69, 9.17) is 9.15 Å². The number of carbonyl (C=O) groups excluding carboxylic acids is 2. The molecule has 0 spiro atoms. The average Bonchev–Trinajstić information content (AvgIpc) is 3.53. The van der Waals surface area contributed by atoms with Gasteiger partial charge in [0.25, 0.3) is 5.91 Å². The number of amides is 2. The maximum atomic E-state index is 12.1. The van der Waals surface area contributed by atoms with Gasteiger partial charge in [0, 0.05) is 34.8 Å². The molecule has 0 bridgehead atoms. The summed E-state index contributed by atoms with van der Waals surface area (Å²) < 4.78 is 10.6. The number of hydrogen-bond acceptors (Lipinski definition) is 5. The molecule has 4 rings (SSSR count). The van der Waals surface area contributed by atoms with Crippen molar-refractivity contribution in [1.82, 2.24) is 0 Å². The van der Waals surface area contributed by atoms with E-state index >= 15 is 0 Å². The first-order valence-corrected chi connectivity index (χ1v) is 8.94. The molecule has 1 heterocycles. The molecule has 1 aromatic heterocycles. The Bertz CT molecular complexity index is 1080. The molecular formula is C21H18N2O5. The molecular weight excluding hydrogens is 360 g/mol. The summed E-state index contributed by atoms with van der Waals surface area (Å²) in [5.41, 5.74) is 1.25. The summed E-state index contributed by atoms with van der Waals surface area (Å²) in [6.45, 7) is -0.192. The van der Waals surface area contributed by atoms with Gasteiger partial charge in [-0.25, -0.2) is 4.79 Å². The van der Waals surface area contributed by atoms with E-state index in [1.165, 1.54) is 6.07 Å². The molecule has 0 unspecified atom stereocenters. The Labute approximate surface area is 160 Å². The summed E-state index contributed by atoms with van der Waals surface area (Å²) in [4.78, 5) is 35.1. The van der Waals surface area contributed by atoms with Gasteiger partial charge in [-0.2, -0.15) is 0 Å². The molecule has 1 aliphatic carbocycles. The van der Waals surface area contributed by atoms with Crippen LogP contribution in [0.1, 0.15) is 12.8 Å². The van der Waals surface area contributed by atoms with Crippen LogP contribution in [-0.4, -0.2) is 18.4 Å². The van der Waals surface area contributed by atoms with Gasteiger partial charge in [0.1, 0.15) is 11.3 Å². The zero-order chi connectivity index (χ0) is 19.5. The first-order valence-electron chi connectivity index (χ1n) is 8.94. The Kier molecular flexibility index (Phi) is 4.80. The number of hydrogen-bond donors (Lipinski definition) is 2. The Morgan fingerprint density at radius 3 is 2.36 bits per heavy atom. The van der Waals surface area contributed by atoms with Crippen LogP contribution in [0.15, 0.2) is 63.8 Å². The fourth-order valence-electron chi connectivity index (χ4n) is 2.70. The van der Waals surface area contributed by atoms with Crippen LogP contribution in [0, 0.1) is 5.92 Å². The predicted octanol–water partition coefficient (Wildman–Crippen LogP) is 3.16. The van der Waals surface area contributed by atoms with Gasteiger partial charge in [0.05, 0.1) is 0 Å². The molecule has 2 amide bonds. The van der Waals surface area contributed by atoms with Gasteiger partial charge in [-0.3, -0.25) is 9.59 Å². The third-order valence-electron chi connectivity index (χ3n) is 4.35. The normalized spacial score (nSPS) is 13.1. The lowest BCUT2D eigenvalue weighted by Crippen LogP contribution is -2.20. The van der Waals surface area contributed by atoms with E-state index in [-0.39, 0.29) is 24.3 Å². The van der Waals surface area contributed by atoms with Gasteiger partial charge < -0.3 is 19.8 Å². The highest BCUT2D eigenvalue weighted by Gasteiger charge is 2.29. The molecule has 3 aromatic rings. The van der Waals surface area contributed by atoms with Crippen molar-refractivity contribution in [2.45, 2.75) is 12.8 Å². The fourth-order valence-corrected chi connectivity index (χ4v) is 2.70. The van der Waals surface area contributed by atoms with Crippen LogP contribution in [0.25, 0.3) is 11.0 Å². The maximum absolute atomic E-state index is 12.1. The number of carbonyl (C=O) groups is 2. The van der Waals surface area contributed by atoms with Gasteiger partial charge in [0.2, 0.25) is 5.91 Å². The number of ether oxygens (including phenoxy) is 1. The Hall–Kier alpha value is -3.61. The lowest BCUT2D eigenvalue weighted by molar-refractivity contribution is -0.118. The average molecular weight is 378 g/mol. The van der Waals surface area contributed by atoms with Crippen molar-refractivity contribution in [1.29, 1.82) is 0 Å². The highest BCUT2D eigenvalue weighted by molar-refractivity contribution is 5.95. The predicted molar refractivity (Wildman–Crippen MR) is 104 cm³/mol. The summed E-state index contributed by atoms with van der Waals surface area (Å²) in [6.07, 6.45) is 1.90. The van der Waals surface area contributed by atoms with Crippen LogP contribution in [0.3, 0.4) is 0 Å². The van der Waals surface area contributed by atoms with E-state index in [9.17, 15) is 14.4 Å². The lowest BCUT2D eigenvalue weighted by atomic mass is 10.2. The molecule has 0 atom stereocenters. The van der Waals surface area contributed by atoms with E-state index in [2.05, 4.69) is 10.6 Å². The van der Waals surface area contributed by atoms with E-state index in [1.807, 2.05) is 0 Å². The lowest BCUT2D eigenvalue weighted by Gasteiger charge is -2.09. The molecule has 142 valence electrons. The molecule has 28 heavy (non-hydrogen) atoms. The zero-order valence-electron chi connectivity index (χ0n) is 14.9. The second-order valence-corrected chi connectivity index (χ2v) is 6.63. The standard InChI is InChI=1S/C21H18N2O5/c24-19(12-27-17-9-3-13-4-10-20(25)28-18(13)11-17)22-15-5-7-16(8-6-15)23-21(26)14-1-2-14/h3-11,14H,1-2,12H2,(H,22,24)(H,23,26). The van der Waals surface area contributed by atoms with Crippen molar-refractivity contribution in [2.24, 2.45) is 5.92 Å². The zero-order valence-corrected chi connectivity index (χ0v) is 14.9. The van der Waals surface area contributed by atoms with Crippen molar-refractivity contribution in [3.8, 4) is 5.75 Å². The minimum absolute atomic E-state index is 0.0383. The highest BCUT2D eigenvalue weighted by Crippen LogP contribution is 2.30. The smallest absolute Gasteiger partial charge is 0.336 e. The van der Waals surface area contributed by atoms with Crippen LogP contribution in [-0.2, 0) is 9.59 Å². The van der Waals surface area contributed by atoms with Gasteiger partial charge in [-0.05, 0) is 55.3 Å². The molecule has 1 fully saturated rings. The molecule has 7 heteroatoms. The second-order valence-electron chi connectivity index (χ2n) is 6.63. The third kappa shape index (κ3) is 4.37. The number of fused-ring (bicyclic) bond motifs is 1. The van der Waals surface area contributed by atoms with Crippen LogP contribution in [0.2, 0.25) is 0 Å². The Morgan fingerprint density at radius 1 is 0.964 bits per heavy atom. The molecule has 1 saturated carbocycles. The van der Waals surface area contributed by atoms with Gasteiger partial charge in [0.15, 0.2) is 6.61 Å². The van der Waals surface area contributed by atoms with Crippen molar-refractivity contribution < 1.29 is 18.7 Å². The molecule has 0 aliphatic heterocycles. The van der Waals surface area contributed by atoms with E-state index in [0.717, 1.165) is 18.2 Å². The molecule has 2 N–H and O–H groups in total. The SMILES string of the molecule is O=C(COc1ccc2ccc(=O)oc2c1)Nc1ccc(NC(=O)C2CC2)cc1. The van der Waals surface area contributed by atoms with Crippen molar-refractivity contribution in [3.63, 3.8) is 0 Å². The molecule has 7 nitrogen and oxygen atoms in total. The minimum Gasteiger partial charge on any atom is -0.484 e. The van der Waals surface area contributed by atoms with Crippen molar-refractivity contribution in [3.05, 3.63) is 65.0 Å². The van der Waals surface area contributed by atoms with Gasteiger partial charge >= 0.3 is 5.63 Å². The third-order valence-corrected chi connectivity index (χ3v) is 4.35. The minimum atomic E-state index is -0.445. The van der Waals surface area contributed by atoms with E-state index < -0.39 is 5.63 Å². The van der Waals surface area contributed by atoms with Crippen molar-refractivity contribution in [2.75, 3.05) is 17.2 Å². The van der Waals surface area contributed by atoms with E-state index in [0.29, 0.717) is 22.7 Å². The number of benzene rings is 2. The van der Waals surface area contributed by atoms with Crippen LogP contribution >= 0.6 is 0 Å². The summed E-state index contributed by atoms with van der Waals surface area (Å²) in [5.74, 6) is 0.274. The van der Waals surface area contributed by atoms with Crippen molar-refractivity contribution >= 4 is 34.2 Å². The topological polar surface area (TPSA) is 97.6 Å². The number of anilines is 2. The molecule has 0 saturated heterocycles. The molecule has 0 radical (unpaired) electrons. The molecule has 1 aliphatic rings. The van der Waals surface area contributed by atoms with Crippen LogP contribution < -0.4 is 21.0 Å². The maximum Gasteiger partial charge on any atom is 0.336 e. The highest BCUT2D eigenvalue weighted by atomic mass is 16.5. The molecule has 2 aromatic carbocycles. The summed E-state index contributed by atoms with van der Waals surface area (Å²) in [7, 11) is 0. The van der Waals surface area contributed by atoms with Crippen LogP contribution in [0.4, 0.5) is 11.4 Å². The largest absolute Gasteiger partial charge is 0.484 e. The quantitative estimate of drug-likeness (QED) is 0.642. The fraction of sp³-hybridized carbons (Fsp3) is 0.190. The van der Waals surface area contributed by atoms with Crippen LogP contribution in [0.5, 0.6) is 5.75 Å². The Morgan fingerprint density at radius 2 is 1.64 bits per heavy atom. The first kappa shape index (κ1) is 17.8. The van der Waals surface area contributed by atoms with E-state index in [1.54, 1.807) is 48.5 Å². The monoisotopic (exact) mass is 378 g/mol. The van der Waals surface area contributed by atoms with Gasteiger partial charge in [-0.15, -0.1) is 0 Å². The van der Waals surface area contributed by atoms with Gasteiger partial charge in [-0.1, -0.05) is 0 Å². The summed E-state index contributed by atoms with van der Waals surface area (Å²) in [6, 6.07) is 14.9. The second kappa shape index (κ2) is 7.56. The number of rotatable bonds is 6. The number of nitrogens with one attached hydrogen (secondary N) is 2. The Balaban J connectivity index is 1.31. The first-order chi connectivity index (χ1) is 13.6.